The van der Waals surface area contributed by atoms with Gasteiger partial charge in [-0.15, -0.1) is 4.49 Å². The van der Waals surface area contributed by atoms with Crippen molar-refractivity contribution in [1.82, 2.24) is 9.16 Å². The summed E-state index contributed by atoms with van der Waals surface area (Å²) in [5.74, 6) is 0. The maximum Gasteiger partial charge on any atom is 0.292 e. The van der Waals surface area contributed by atoms with Gasteiger partial charge in [-0.05, 0) is 19.1 Å². The molecule has 1 aromatic rings. The highest BCUT2D eigenvalue weighted by Gasteiger charge is 2.30. The van der Waals surface area contributed by atoms with Crippen molar-refractivity contribution < 1.29 is 13.0 Å². The molecule has 1 rings (SSSR count). The fourth-order valence-electron chi connectivity index (χ4n) is 1.64. The third-order valence-electron chi connectivity index (χ3n) is 2.73. The minimum atomic E-state index is -3.88. The first-order chi connectivity index (χ1) is 8.73. The number of nitrogens with two attached hydrogens (primary N) is 1. The monoisotopic (exact) mass is 305 g/mol. The molecule has 0 saturated carbocycles. The Kier molecular flexibility index (Phi) is 5.29. The molecule has 0 aliphatic rings. The Balaban J connectivity index is 3.03. The summed E-state index contributed by atoms with van der Waals surface area (Å²) < 4.78 is 40.0. The second-order valence-corrected chi connectivity index (χ2v) is 8.19. The molecule has 3 N–H and O–H groups in total. The highest BCUT2D eigenvalue weighted by Crippen LogP contribution is 2.37. The largest absolute Gasteiger partial charge is 0.292 e. The Morgan fingerprint density at radius 2 is 1.68 bits per heavy atom. The fraction of sp³-hybridized carbons (Fsp3) is 0.455. The van der Waals surface area contributed by atoms with Crippen molar-refractivity contribution in [3.05, 3.63) is 29.8 Å². The van der Waals surface area contributed by atoms with E-state index in [4.69, 9.17) is 5.50 Å². The number of rotatable bonds is 6. The molecular weight excluding hydrogens is 285 g/mol. The van der Waals surface area contributed by atoms with Crippen LogP contribution in [0.3, 0.4) is 0 Å². The van der Waals surface area contributed by atoms with E-state index in [1.165, 1.54) is 16.8 Å². The molecule has 0 bridgehead atoms. The second kappa shape index (κ2) is 6.15. The van der Waals surface area contributed by atoms with Crippen molar-refractivity contribution >= 4 is 17.6 Å². The van der Waals surface area contributed by atoms with Gasteiger partial charge in [-0.25, -0.2) is 13.1 Å². The Morgan fingerprint density at radius 1 is 1.21 bits per heavy atom. The molecule has 19 heavy (non-hydrogen) atoms. The van der Waals surface area contributed by atoms with Gasteiger partial charge in [0.2, 0.25) is 10.0 Å². The van der Waals surface area contributed by atoms with E-state index >= 15 is 0 Å². The smallest absolute Gasteiger partial charge is 0.270 e. The van der Waals surface area contributed by atoms with Gasteiger partial charge >= 0.3 is 0 Å². The molecule has 1 aromatic carbocycles. The number of sulfonamides is 1. The summed E-state index contributed by atoms with van der Waals surface area (Å²) in [6.45, 7) is 6.20. The lowest BCUT2D eigenvalue weighted by Gasteiger charge is -2.26. The highest BCUT2D eigenvalue weighted by molar-refractivity contribution is 7.95. The molecule has 0 amide bonds. The van der Waals surface area contributed by atoms with Crippen LogP contribution in [0.2, 0.25) is 0 Å². The van der Waals surface area contributed by atoms with Crippen molar-refractivity contribution in [2.45, 2.75) is 25.7 Å². The summed E-state index contributed by atoms with van der Waals surface area (Å²) in [5.41, 5.74) is 6.57. The molecule has 0 aromatic heterocycles. The predicted molar refractivity (Wildman–Crippen MR) is 76.2 cm³/mol. The topological polar surface area (TPSA) is 92.5 Å². The SMILES string of the molecule is CCN(CC)P(N)(=O)NS(=O)(=O)c1ccc(C)cc1. The van der Waals surface area contributed by atoms with Gasteiger partial charge < -0.3 is 0 Å². The van der Waals surface area contributed by atoms with Crippen LogP contribution in [0.4, 0.5) is 0 Å². The van der Waals surface area contributed by atoms with Crippen LogP contribution in [-0.2, 0) is 14.6 Å². The minimum Gasteiger partial charge on any atom is -0.270 e. The zero-order chi connectivity index (χ0) is 14.7. The zero-order valence-corrected chi connectivity index (χ0v) is 13.0. The van der Waals surface area contributed by atoms with Crippen LogP contribution in [0.15, 0.2) is 29.2 Å². The van der Waals surface area contributed by atoms with Gasteiger partial charge in [0.25, 0.3) is 7.59 Å². The summed E-state index contributed by atoms with van der Waals surface area (Å²) in [6.07, 6.45) is 0. The van der Waals surface area contributed by atoms with E-state index in [1.807, 2.05) is 6.92 Å². The second-order valence-electron chi connectivity index (χ2n) is 4.17. The molecule has 108 valence electrons. The Labute approximate surface area is 114 Å². The molecule has 0 radical (unpaired) electrons. The van der Waals surface area contributed by atoms with Crippen molar-refractivity contribution in [2.75, 3.05) is 13.1 Å². The van der Waals surface area contributed by atoms with E-state index in [2.05, 4.69) is 4.49 Å². The number of hydrogen-bond acceptors (Lipinski definition) is 3. The van der Waals surface area contributed by atoms with Gasteiger partial charge in [0.05, 0.1) is 4.90 Å². The first kappa shape index (κ1) is 16.3. The predicted octanol–water partition coefficient (Wildman–Crippen LogP) is 1.68. The summed E-state index contributed by atoms with van der Waals surface area (Å²) in [7, 11) is -7.49. The number of aryl methyl sites for hydroxylation is 1. The lowest BCUT2D eigenvalue weighted by molar-refractivity contribution is 0.439. The molecule has 0 aliphatic heterocycles. The van der Waals surface area contributed by atoms with Gasteiger partial charge in [0.15, 0.2) is 0 Å². The Bertz CT molecular complexity index is 567. The van der Waals surface area contributed by atoms with Crippen molar-refractivity contribution in [1.29, 1.82) is 0 Å². The van der Waals surface area contributed by atoms with Crippen LogP contribution in [0.5, 0.6) is 0 Å². The number of hydrogen-bond donors (Lipinski definition) is 2. The molecule has 0 aliphatic carbocycles. The van der Waals surface area contributed by atoms with Gasteiger partial charge in [0, 0.05) is 13.1 Å². The standard InChI is InChI=1S/C11H20N3O3PS/c1-4-14(5-2)18(12,15)13-19(16,17)11-8-6-10(3)7-9-11/h6-9H,4-5H2,1-3H3,(H3,12,13,15). The first-order valence-electron chi connectivity index (χ1n) is 5.97. The van der Waals surface area contributed by atoms with Crippen LogP contribution < -0.4 is 10.00 Å². The maximum atomic E-state index is 12.2. The summed E-state index contributed by atoms with van der Waals surface area (Å²) in [6, 6.07) is 6.26. The molecule has 1 unspecified atom stereocenters. The molecular formula is C11H20N3O3PS. The van der Waals surface area contributed by atoms with Crippen molar-refractivity contribution in [3.8, 4) is 0 Å². The van der Waals surface area contributed by atoms with Crippen LogP contribution in [0.1, 0.15) is 19.4 Å². The number of nitrogens with one attached hydrogen (secondary N) is 1. The maximum absolute atomic E-state index is 12.2. The van der Waals surface area contributed by atoms with Gasteiger partial charge in [-0.2, -0.15) is 0 Å². The average molecular weight is 305 g/mol. The lowest BCUT2D eigenvalue weighted by atomic mass is 10.2. The normalized spacial score (nSPS) is 15.4. The number of benzene rings is 1. The molecule has 1 atom stereocenters. The van der Waals surface area contributed by atoms with Gasteiger partial charge in [-0.3, -0.25) is 10.1 Å². The zero-order valence-electron chi connectivity index (χ0n) is 11.3. The fourth-order valence-corrected chi connectivity index (χ4v) is 5.24. The molecule has 6 nitrogen and oxygen atoms in total. The van der Waals surface area contributed by atoms with Crippen LogP contribution in [-0.4, -0.2) is 26.2 Å². The average Bonchev–Trinajstić information content (AvgIpc) is 2.29. The number of nitrogens with zero attached hydrogens (tertiary/aromatic N) is 1. The molecule has 0 saturated heterocycles. The van der Waals surface area contributed by atoms with E-state index in [9.17, 15) is 13.0 Å². The van der Waals surface area contributed by atoms with E-state index in [1.54, 1.807) is 26.0 Å². The van der Waals surface area contributed by atoms with Crippen molar-refractivity contribution in [3.63, 3.8) is 0 Å². The molecule has 0 heterocycles. The van der Waals surface area contributed by atoms with Gasteiger partial charge in [-0.1, -0.05) is 31.5 Å². The van der Waals surface area contributed by atoms with E-state index in [0.717, 1.165) is 5.56 Å². The van der Waals surface area contributed by atoms with Crippen LogP contribution in [0, 0.1) is 6.92 Å². The van der Waals surface area contributed by atoms with Gasteiger partial charge in [0.1, 0.15) is 0 Å². The Hall–Kier alpha value is -0.720. The molecule has 8 heteroatoms. The van der Waals surface area contributed by atoms with Crippen LogP contribution in [0.25, 0.3) is 0 Å². The van der Waals surface area contributed by atoms with Crippen LogP contribution >= 0.6 is 7.59 Å². The third kappa shape index (κ3) is 4.12. The highest BCUT2D eigenvalue weighted by atomic mass is 32.2. The molecule has 0 fully saturated rings. The summed E-state index contributed by atoms with van der Waals surface area (Å²) in [4.78, 5) is 0.0518. The summed E-state index contributed by atoms with van der Waals surface area (Å²) >= 11 is 0. The quantitative estimate of drug-likeness (QED) is 0.780. The van der Waals surface area contributed by atoms with E-state index < -0.39 is 17.6 Å². The molecule has 0 spiro atoms. The first-order valence-corrected chi connectivity index (χ1v) is 9.19. The van der Waals surface area contributed by atoms with E-state index in [0.29, 0.717) is 13.1 Å². The van der Waals surface area contributed by atoms with Crippen molar-refractivity contribution in [2.24, 2.45) is 5.50 Å². The Morgan fingerprint density at radius 3 is 2.11 bits per heavy atom. The minimum absolute atomic E-state index is 0.0518. The summed E-state index contributed by atoms with van der Waals surface area (Å²) in [5, 5.41) is 0. The lowest BCUT2D eigenvalue weighted by Crippen LogP contribution is -2.35. The van der Waals surface area contributed by atoms with E-state index in [-0.39, 0.29) is 4.90 Å². The third-order valence-corrected chi connectivity index (χ3v) is 7.04.